The zero-order valence-electron chi connectivity index (χ0n) is 14.6. The van der Waals surface area contributed by atoms with Gasteiger partial charge in [-0.15, -0.1) is 0 Å². The molecule has 0 aliphatic rings. The van der Waals surface area contributed by atoms with E-state index in [-0.39, 0.29) is 22.5 Å². The minimum Gasteiger partial charge on any atom is -0.494 e. The molecule has 0 amide bonds. The molecule has 0 radical (unpaired) electrons. The molecule has 132 valence electrons. The fourth-order valence-corrected chi connectivity index (χ4v) is 3.52. The number of nitrogens with one attached hydrogen (secondary N) is 2. The van der Waals surface area contributed by atoms with E-state index in [1.54, 1.807) is 28.8 Å². The summed E-state index contributed by atoms with van der Waals surface area (Å²) in [5.74, 6) is 0.0170. The molecule has 1 heterocycles. The van der Waals surface area contributed by atoms with Gasteiger partial charge in [-0.2, -0.15) is 0 Å². The maximum Gasteiger partial charge on any atom is 0.201 e. The van der Waals surface area contributed by atoms with Gasteiger partial charge in [0.2, 0.25) is 11.8 Å². The van der Waals surface area contributed by atoms with Crippen molar-refractivity contribution in [1.82, 2.24) is 4.57 Å². The minimum absolute atomic E-state index is 0.00848. The molecule has 5 nitrogen and oxygen atoms in total. The normalized spacial score (nSPS) is 11.6. The fourth-order valence-electron chi connectivity index (χ4n) is 3.52. The molecule has 0 aliphatic carbocycles. The molecule has 0 fully saturated rings. The molecule has 25 heavy (non-hydrogen) atoms. The minimum atomic E-state index is 0.00848. The van der Waals surface area contributed by atoms with Gasteiger partial charge in [0.25, 0.3) is 0 Å². The van der Waals surface area contributed by atoms with E-state index >= 15 is 0 Å². The molecule has 0 aliphatic heterocycles. The second kappa shape index (κ2) is 7.13. The lowest BCUT2D eigenvalue weighted by Crippen LogP contribution is -2.13. The van der Waals surface area contributed by atoms with E-state index in [9.17, 15) is 10.2 Å². The van der Waals surface area contributed by atoms with Crippen LogP contribution >= 0.6 is 0 Å². The second-order valence-corrected chi connectivity index (χ2v) is 6.64. The van der Waals surface area contributed by atoms with Crippen molar-refractivity contribution in [2.45, 2.75) is 52.0 Å². The van der Waals surface area contributed by atoms with E-state index in [1.807, 2.05) is 0 Å². The predicted octanol–water partition coefficient (Wildman–Crippen LogP) is 3.96. The summed E-state index contributed by atoms with van der Waals surface area (Å²) >= 11 is 0. The molecule has 1 aromatic heterocycles. The highest BCUT2D eigenvalue weighted by atomic mass is 16.3. The quantitative estimate of drug-likeness (QED) is 0.490. The van der Waals surface area contributed by atoms with Gasteiger partial charge >= 0.3 is 0 Å². The third-order valence-corrected chi connectivity index (χ3v) is 4.89. The predicted molar refractivity (Wildman–Crippen MR) is 99.0 cm³/mol. The number of unbranched alkanes of at least 4 members (excludes halogenated alkanes) is 5. The van der Waals surface area contributed by atoms with Crippen LogP contribution in [0.4, 0.5) is 0 Å². The van der Waals surface area contributed by atoms with Gasteiger partial charge in [-0.05, 0) is 30.7 Å². The zero-order chi connectivity index (χ0) is 18.0. The summed E-state index contributed by atoms with van der Waals surface area (Å²) in [4.78, 5) is 0. The van der Waals surface area contributed by atoms with E-state index in [0.717, 1.165) is 12.8 Å². The lowest BCUT2D eigenvalue weighted by atomic mass is 10.0. The van der Waals surface area contributed by atoms with Gasteiger partial charge in [0.15, 0.2) is 0 Å². The largest absolute Gasteiger partial charge is 0.494 e. The maximum absolute atomic E-state index is 10.7. The summed E-state index contributed by atoms with van der Waals surface area (Å²) in [6.45, 7) is 2.74. The van der Waals surface area contributed by atoms with Crippen molar-refractivity contribution in [1.29, 1.82) is 10.8 Å². The van der Waals surface area contributed by atoms with Crippen LogP contribution < -0.4 is 10.7 Å². The lowest BCUT2D eigenvalue weighted by molar-refractivity contribution is 0.358. The first-order chi connectivity index (χ1) is 12.1. The van der Waals surface area contributed by atoms with Gasteiger partial charge in [0, 0.05) is 28.1 Å². The lowest BCUT2D eigenvalue weighted by Gasteiger charge is -2.17. The molecule has 0 unspecified atom stereocenters. The molecule has 2 aromatic carbocycles. The van der Waals surface area contributed by atoms with Crippen molar-refractivity contribution < 1.29 is 10.2 Å². The van der Waals surface area contributed by atoms with Gasteiger partial charge in [-0.1, -0.05) is 39.0 Å². The van der Waals surface area contributed by atoms with Gasteiger partial charge in [-0.3, -0.25) is 4.57 Å². The van der Waals surface area contributed by atoms with Crippen LogP contribution in [0.25, 0.3) is 21.5 Å². The summed E-state index contributed by atoms with van der Waals surface area (Å²) in [6.07, 6.45) is 6.81. The molecule has 0 atom stereocenters. The van der Waals surface area contributed by atoms with Crippen LogP contribution in [-0.2, 0) is 6.54 Å². The Morgan fingerprint density at radius 1 is 0.760 bits per heavy atom. The summed E-state index contributed by atoms with van der Waals surface area (Å²) in [5, 5.41) is 40.1. The number of aromatic hydroxyl groups is 2. The molecular weight excluding hydrogens is 314 g/mol. The summed E-state index contributed by atoms with van der Waals surface area (Å²) in [6, 6.07) is 6.59. The number of benzene rings is 2. The van der Waals surface area contributed by atoms with Crippen LogP contribution in [0.2, 0.25) is 0 Å². The number of hydrogen-bond donors (Lipinski definition) is 4. The Hall–Kier alpha value is -2.56. The number of rotatable bonds is 7. The molecule has 0 bridgehead atoms. The van der Waals surface area contributed by atoms with Gasteiger partial charge in [0.05, 0.1) is 10.7 Å². The van der Waals surface area contributed by atoms with E-state index in [0.29, 0.717) is 28.1 Å². The third kappa shape index (κ3) is 3.06. The molecule has 3 rings (SSSR count). The smallest absolute Gasteiger partial charge is 0.201 e. The van der Waals surface area contributed by atoms with Crippen molar-refractivity contribution in [3.05, 3.63) is 35.0 Å². The Kier molecular flexibility index (Phi) is 4.93. The van der Waals surface area contributed by atoms with E-state index in [2.05, 4.69) is 6.92 Å². The molecular formula is C20H25N3O2. The van der Waals surface area contributed by atoms with Crippen molar-refractivity contribution in [3.8, 4) is 11.8 Å². The highest BCUT2D eigenvalue weighted by Gasteiger charge is 2.17. The van der Waals surface area contributed by atoms with Gasteiger partial charge in [0.1, 0.15) is 0 Å². The standard InChI is InChI=1S/C20H25N3O2/c1-2-3-4-5-6-7-12-23-19(24)13-8-10-15(21)18-16(22)11-9-14(17(13)18)20(23)25/h8-11,21-22,24-25H,2-7,12H2,1H3. The number of nitrogens with zero attached hydrogens (tertiary/aromatic N) is 1. The fraction of sp³-hybridized carbons (Fsp3) is 0.400. The first kappa shape index (κ1) is 17.3. The Morgan fingerprint density at radius 3 is 1.84 bits per heavy atom. The summed E-state index contributed by atoms with van der Waals surface area (Å²) in [5.41, 5.74) is 0. The van der Waals surface area contributed by atoms with Crippen molar-refractivity contribution in [2.75, 3.05) is 0 Å². The monoisotopic (exact) mass is 339 g/mol. The number of pyridine rings is 1. The van der Waals surface area contributed by atoms with Gasteiger partial charge in [-0.25, -0.2) is 0 Å². The van der Waals surface area contributed by atoms with Crippen LogP contribution in [0.3, 0.4) is 0 Å². The zero-order valence-corrected chi connectivity index (χ0v) is 14.6. The summed E-state index contributed by atoms with van der Waals surface area (Å²) < 4.78 is 1.55. The highest BCUT2D eigenvalue weighted by Crippen LogP contribution is 2.37. The van der Waals surface area contributed by atoms with Crippen LogP contribution in [-0.4, -0.2) is 14.8 Å². The first-order valence-corrected chi connectivity index (χ1v) is 8.99. The highest BCUT2D eigenvalue weighted by molar-refractivity contribution is 6.12. The molecule has 0 spiro atoms. The average molecular weight is 339 g/mol. The average Bonchev–Trinajstić information content (AvgIpc) is 2.60. The maximum atomic E-state index is 10.7. The van der Waals surface area contributed by atoms with E-state index in [1.165, 1.54) is 25.7 Å². The molecule has 0 saturated carbocycles. The molecule has 0 saturated heterocycles. The first-order valence-electron chi connectivity index (χ1n) is 8.99. The van der Waals surface area contributed by atoms with E-state index in [4.69, 9.17) is 10.8 Å². The van der Waals surface area contributed by atoms with Crippen LogP contribution in [0, 0.1) is 10.8 Å². The molecule has 5 heteroatoms. The molecule has 4 N–H and O–H groups in total. The van der Waals surface area contributed by atoms with Crippen LogP contribution in [0.1, 0.15) is 45.4 Å². The Morgan fingerprint density at radius 2 is 1.28 bits per heavy atom. The van der Waals surface area contributed by atoms with Crippen molar-refractivity contribution >= 4 is 21.5 Å². The topological polar surface area (TPSA) is 93.1 Å². The number of hydrogen-bond acceptors (Lipinski definition) is 4. The summed E-state index contributed by atoms with van der Waals surface area (Å²) in [7, 11) is 0. The third-order valence-electron chi connectivity index (χ3n) is 4.89. The van der Waals surface area contributed by atoms with Crippen molar-refractivity contribution in [3.63, 3.8) is 0 Å². The second-order valence-electron chi connectivity index (χ2n) is 6.64. The van der Waals surface area contributed by atoms with E-state index < -0.39 is 0 Å². The molecule has 3 aromatic rings. The van der Waals surface area contributed by atoms with Crippen molar-refractivity contribution in [2.24, 2.45) is 0 Å². The number of aromatic nitrogens is 1. The Labute approximate surface area is 146 Å². The van der Waals surface area contributed by atoms with Crippen LogP contribution in [0.15, 0.2) is 24.3 Å². The van der Waals surface area contributed by atoms with Gasteiger partial charge < -0.3 is 21.0 Å². The SMILES string of the molecule is CCCCCCCCn1c(O)c2ccc(=N)c3c(=N)ccc(c1O)c23. The van der Waals surface area contributed by atoms with Crippen LogP contribution in [0.5, 0.6) is 11.8 Å². The Bertz CT molecular complexity index is 939. The Balaban J connectivity index is 2.01.